The molecule has 0 aliphatic carbocycles. The number of H-pyrrole nitrogens is 1. The van der Waals surface area contributed by atoms with Gasteiger partial charge in [-0.05, 0) is 41.5 Å². The first-order valence-corrected chi connectivity index (χ1v) is 8.52. The molecule has 2 aromatic carbocycles. The normalized spacial score (nSPS) is 12.3. The highest BCUT2D eigenvalue weighted by molar-refractivity contribution is 5.73. The Balaban J connectivity index is 1.54. The summed E-state index contributed by atoms with van der Waals surface area (Å²) >= 11 is 0. The summed E-state index contributed by atoms with van der Waals surface area (Å²) in [4.78, 5) is 16.6. The predicted octanol–water partition coefficient (Wildman–Crippen LogP) is 3.62. The second kappa shape index (κ2) is 6.17. The van der Waals surface area contributed by atoms with Crippen molar-refractivity contribution in [1.82, 2.24) is 14.8 Å². The highest BCUT2D eigenvalue weighted by Gasteiger charge is 2.14. The number of pyridine rings is 1. The van der Waals surface area contributed by atoms with Crippen molar-refractivity contribution in [3.8, 4) is 39.7 Å². The zero-order chi connectivity index (χ0) is 18.2. The number of hydrogen-bond acceptors (Lipinski definition) is 4. The summed E-state index contributed by atoms with van der Waals surface area (Å²) in [5, 5.41) is 3.13. The highest BCUT2D eigenvalue weighted by atomic mass is 16.7. The van der Waals surface area contributed by atoms with E-state index < -0.39 is 0 Å². The van der Waals surface area contributed by atoms with E-state index in [1.165, 1.54) is 4.68 Å². The molecule has 2 aromatic heterocycles. The third-order valence-corrected chi connectivity index (χ3v) is 4.48. The molecule has 6 heteroatoms. The Morgan fingerprint density at radius 1 is 0.852 bits per heavy atom. The fraction of sp³-hybridized carbons (Fsp3) is 0.0476. The minimum atomic E-state index is -0.155. The van der Waals surface area contributed by atoms with Crippen LogP contribution in [0.2, 0.25) is 0 Å². The molecule has 1 N–H and O–H groups in total. The van der Waals surface area contributed by atoms with Gasteiger partial charge in [0.1, 0.15) is 0 Å². The van der Waals surface area contributed by atoms with Crippen LogP contribution < -0.4 is 15.0 Å². The number of aromatic amines is 1. The van der Waals surface area contributed by atoms with Crippen LogP contribution in [0, 0.1) is 0 Å². The number of nitrogens with one attached hydrogen (secondary N) is 1. The van der Waals surface area contributed by atoms with E-state index in [-0.39, 0.29) is 12.4 Å². The summed E-state index contributed by atoms with van der Waals surface area (Å²) in [5.74, 6) is 2.06. The molecular formula is C21H15N3O3. The SMILES string of the molecule is O=c1cc(-c2cccc(-c3ccc4c(c3)OCO4)c2)[nH]n1-c1ccccn1. The smallest absolute Gasteiger partial charge is 0.273 e. The quantitative estimate of drug-likeness (QED) is 0.608. The molecule has 132 valence electrons. The van der Waals surface area contributed by atoms with Crippen molar-refractivity contribution in [2.24, 2.45) is 0 Å². The number of rotatable bonds is 3. The maximum Gasteiger partial charge on any atom is 0.273 e. The van der Waals surface area contributed by atoms with E-state index in [4.69, 9.17) is 9.47 Å². The summed E-state index contributed by atoms with van der Waals surface area (Å²) in [7, 11) is 0. The average molecular weight is 357 g/mol. The van der Waals surface area contributed by atoms with Crippen molar-refractivity contribution in [2.45, 2.75) is 0 Å². The van der Waals surface area contributed by atoms with Crippen LogP contribution in [0.25, 0.3) is 28.2 Å². The Bertz CT molecular complexity index is 1180. The predicted molar refractivity (Wildman–Crippen MR) is 101 cm³/mol. The van der Waals surface area contributed by atoms with Crippen LogP contribution in [-0.4, -0.2) is 21.6 Å². The van der Waals surface area contributed by atoms with Gasteiger partial charge in [0.15, 0.2) is 17.3 Å². The van der Waals surface area contributed by atoms with E-state index >= 15 is 0 Å². The average Bonchev–Trinajstić information content (AvgIpc) is 3.34. The van der Waals surface area contributed by atoms with Gasteiger partial charge in [-0.1, -0.05) is 30.3 Å². The lowest BCUT2D eigenvalue weighted by atomic mass is 10.0. The zero-order valence-electron chi connectivity index (χ0n) is 14.3. The van der Waals surface area contributed by atoms with Crippen molar-refractivity contribution in [3.05, 3.63) is 83.3 Å². The summed E-state index contributed by atoms with van der Waals surface area (Å²) in [6, 6.07) is 20.9. The topological polar surface area (TPSA) is 69.1 Å². The molecule has 0 atom stereocenters. The Morgan fingerprint density at radius 3 is 2.59 bits per heavy atom. The Labute approximate surface area is 154 Å². The Hall–Kier alpha value is -3.80. The fourth-order valence-electron chi connectivity index (χ4n) is 3.14. The molecule has 0 radical (unpaired) electrons. The number of hydrogen-bond donors (Lipinski definition) is 1. The Morgan fingerprint density at radius 2 is 1.70 bits per heavy atom. The summed E-state index contributed by atoms with van der Waals surface area (Å²) in [6.07, 6.45) is 1.66. The first-order chi connectivity index (χ1) is 13.3. The van der Waals surface area contributed by atoms with Crippen LogP contribution in [0.5, 0.6) is 11.5 Å². The molecule has 0 saturated carbocycles. The van der Waals surface area contributed by atoms with Gasteiger partial charge in [-0.3, -0.25) is 9.89 Å². The van der Waals surface area contributed by atoms with E-state index in [1.54, 1.807) is 18.3 Å². The van der Waals surface area contributed by atoms with Crippen LogP contribution in [0.1, 0.15) is 0 Å². The van der Waals surface area contributed by atoms with Gasteiger partial charge in [-0.25, -0.2) is 9.67 Å². The van der Waals surface area contributed by atoms with E-state index in [1.807, 2.05) is 54.6 Å². The Kier molecular flexibility index (Phi) is 3.53. The number of aromatic nitrogens is 3. The van der Waals surface area contributed by atoms with E-state index in [9.17, 15) is 4.79 Å². The molecule has 0 amide bonds. The van der Waals surface area contributed by atoms with Crippen molar-refractivity contribution in [2.75, 3.05) is 6.79 Å². The minimum Gasteiger partial charge on any atom is -0.454 e. The first-order valence-electron chi connectivity index (χ1n) is 8.52. The molecule has 0 unspecified atom stereocenters. The van der Waals surface area contributed by atoms with Gasteiger partial charge in [-0.15, -0.1) is 0 Å². The van der Waals surface area contributed by atoms with Gasteiger partial charge in [0, 0.05) is 17.8 Å². The number of fused-ring (bicyclic) bond motifs is 1. The lowest BCUT2D eigenvalue weighted by Gasteiger charge is -2.06. The molecular weight excluding hydrogens is 342 g/mol. The number of ether oxygens (including phenoxy) is 2. The molecule has 1 aliphatic heterocycles. The van der Waals surface area contributed by atoms with Gasteiger partial charge in [0.2, 0.25) is 6.79 Å². The second-order valence-electron chi connectivity index (χ2n) is 6.18. The van der Waals surface area contributed by atoms with Gasteiger partial charge in [-0.2, -0.15) is 0 Å². The van der Waals surface area contributed by atoms with Crippen molar-refractivity contribution in [3.63, 3.8) is 0 Å². The zero-order valence-corrected chi connectivity index (χ0v) is 14.3. The van der Waals surface area contributed by atoms with Crippen LogP contribution in [0.15, 0.2) is 77.7 Å². The maximum atomic E-state index is 12.4. The lowest BCUT2D eigenvalue weighted by Crippen LogP contribution is -2.14. The van der Waals surface area contributed by atoms with E-state index in [0.717, 1.165) is 33.9 Å². The molecule has 27 heavy (non-hydrogen) atoms. The maximum absolute atomic E-state index is 12.4. The summed E-state index contributed by atoms with van der Waals surface area (Å²) in [5.41, 5.74) is 3.53. The fourth-order valence-corrected chi connectivity index (χ4v) is 3.14. The molecule has 0 saturated heterocycles. The van der Waals surface area contributed by atoms with Gasteiger partial charge in [0.05, 0.1) is 5.69 Å². The first kappa shape index (κ1) is 15.5. The third kappa shape index (κ3) is 2.77. The molecule has 0 fully saturated rings. The molecule has 5 rings (SSSR count). The molecule has 4 aromatic rings. The van der Waals surface area contributed by atoms with E-state index in [0.29, 0.717) is 5.82 Å². The standard InChI is InChI=1S/C21H15N3O3/c25-21-12-17(23-24(21)20-6-1-2-9-22-20)16-5-3-4-14(10-16)15-7-8-18-19(11-15)27-13-26-18/h1-12,23H,13H2. The van der Waals surface area contributed by atoms with Crippen molar-refractivity contribution >= 4 is 0 Å². The molecule has 0 bridgehead atoms. The second-order valence-corrected chi connectivity index (χ2v) is 6.18. The van der Waals surface area contributed by atoms with Gasteiger partial charge < -0.3 is 9.47 Å². The van der Waals surface area contributed by atoms with Crippen molar-refractivity contribution in [1.29, 1.82) is 0 Å². The number of benzene rings is 2. The summed E-state index contributed by atoms with van der Waals surface area (Å²) < 4.78 is 12.3. The van der Waals surface area contributed by atoms with Crippen LogP contribution >= 0.6 is 0 Å². The van der Waals surface area contributed by atoms with Crippen LogP contribution in [-0.2, 0) is 0 Å². The third-order valence-electron chi connectivity index (χ3n) is 4.48. The van der Waals surface area contributed by atoms with Gasteiger partial charge >= 0.3 is 0 Å². The van der Waals surface area contributed by atoms with Gasteiger partial charge in [0.25, 0.3) is 5.56 Å². The monoisotopic (exact) mass is 357 g/mol. The minimum absolute atomic E-state index is 0.155. The molecule has 0 spiro atoms. The molecule has 3 heterocycles. The highest BCUT2D eigenvalue weighted by Crippen LogP contribution is 2.36. The summed E-state index contributed by atoms with van der Waals surface area (Å²) in [6.45, 7) is 0.251. The number of nitrogens with zero attached hydrogens (tertiary/aromatic N) is 2. The van der Waals surface area contributed by atoms with E-state index in [2.05, 4.69) is 10.1 Å². The molecule has 1 aliphatic rings. The molecule has 6 nitrogen and oxygen atoms in total. The van der Waals surface area contributed by atoms with Crippen molar-refractivity contribution < 1.29 is 9.47 Å². The van der Waals surface area contributed by atoms with Crippen LogP contribution in [0.4, 0.5) is 0 Å². The lowest BCUT2D eigenvalue weighted by molar-refractivity contribution is 0.174. The van der Waals surface area contributed by atoms with Crippen LogP contribution in [0.3, 0.4) is 0 Å². The largest absolute Gasteiger partial charge is 0.454 e.